The maximum absolute atomic E-state index is 11.9. The van der Waals surface area contributed by atoms with Crippen LogP contribution in [-0.4, -0.2) is 56.0 Å². The summed E-state index contributed by atoms with van der Waals surface area (Å²) in [6.07, 6.45) is 3.23. The van der Waals surface area contributed by atoms with Gasteiger partial charge in [-0.3, -0.25) is 4.79 Å². The lowest BCUT2D eigenvalue weighted by Gasteiger charge is -2.12. The Morgan fingerprint density at radius 1 is 1.22 bits per heavy atom. The lowest BCUT2D eigenvalue weighted by atomic mass is 10.1. The Hall–Kier alpha value is -1.69. The van der Waals surface area contributed by atoms with E-state index in [0.29, 0.717) is 12.1 Å². The highest BCUT2D eigenvalue weighted by Crippen LogP contribution is 2.07. The normalized spacial score (nSPS) is 11.2. The molecule has 0 saturated carbocycles. The second kappa shape index (κ2) is 10.9. The monoisotopic (exact) mass is 336 g/mol. The molecule has 0 saturated heterocycles. The van der Waals surface area contributed by atoms with Crippen molar-refractivity contribution in [1.82, 2.24) is 15.5 Å². The molecule has 23 heavy (non-hydrogen) atoms. The Kier molecular flexibility index (Phi) is 9.21. The van der Waals surface area contributed by atoms with Gasteiger partial charge in [0.15, 0.2) is 5.96 Å². The number of rotatable bonds is 8. The van der Waals surface area contributed by atoms with Gasteiger partial charge in [0.25, 0.3) is 5.91 Å². The zero-order chi connectivity index (χ0) is 17.1. The molecule has 1 rings (SSSR count). The van der Waals surface area contributed by atoms with E-state index in [4.69, 9.17) is 0 Å². The molecule has 6 heteroatoms. The summed E-state index contributed by atoms with van der Waals surface area (Å²) in [4.78, 5) is 18.0. The van der Waals surface area contributed by atoms with Gasteiger partial charge in [-0.05, 0) is 43.0 Å². The standard InChI is InChI=1S/C17H28N4OS/c1-5-18-17(19-11-6-12-23-4)20-13-14-7-9-15(10-8-14)16(22)21(2)3/h7-10H,5-6,11-13H2,1-4H3,(H2,18,19,20). The summed E-state index contributed by atoms with van der Waals surface area (Å²) in [5.74, 6) is 2.00. The molecule has 0 spiro atoms. The van der Waals surface area contributed by atoms with Gasteiger partial charge in [0.1, 0.15) is 0 Å². The van der Waals surface area contributed by atoms with Gasteiger partial charge >= 0.3 is 0 Å². The molecule has 0 fully saturated rings. The summed E-state index contributed by atoms with van der Waals surface area (Å²) in [5, 5.41) is 6.58. The maximum Gasteiger partial charge on any atom is 0.253 e. The summed E-state index contributed by atoms with van der Waals surface area (Å²) in [7, 11) is 3.51. The third-order valence-electron chi connectivity index (χ3n) is 3.19. The van der Waals surface area contributed by atoms with Crippen molar-refractivity contribution in [2.24, 2.45) is 4.99 Å². The number of carbonyl (C=O) groups is 1. The first kappa shape index (κ1) is 19.4. The van der Waals surface area contributed by atoms with Crippen LogP contribution in [0.3, 0.4) is 0 Å². The van der Waals surface area contributed by atoms with E-state index >= 15 is 0 Å². The van der Waals surface area contributed by atoms with Crippen LogP contribution >= 0.6 is 11.8 Å². The Morgan fingerprint density at radius 3 is 2.48 bits per heavy atom. The second-order valence-electron chi connectivity index (χ2n) is 5.36. The van der Waals surface area contributed by atoms with E-state index in [1.807, 2.05) is 36.0 Å². The molecule has 0 aliphatic heterocycles. The number of guanidine groups is 1. The van der Waals surface area contributed by atoms with E-state index in [0.717, 1.165) is 36.8 Å². The number of nitrogens with one attached hydrogen (secondary N) is 2. The van der Waals surface area contributed by atoms with Crippen molar-refractivity contribution in [2.75, 3.05) is 39.2 Å². The Bertz CT molecular complexity index is 500. The van der Waals surface area contributed by atoms with E-state index in [1.54, 1.807) is 19.0 Å². The van der Waals surface area contributed by atoms with Crippen molar-refractivity contribution in [3.05, 3.63) is 35.4 Å². The molecule has 1 amide bonds. The first-order valence-corrected chi connectivity index (χ1v) is 9.29. The minimum atomic E-state index is 0.0175. The van der Waals surface area contributed by atoms with Crippen LogP contribution in [0.25, 0.3) is 0 Å². The molecule has 0 aromatic heterocycles. The van der Waals surface area contributed by atoms with Crippen LogP contribution in [0.2, 0.25) is 0 Å². The van der Waals surface area contributed by atoms with Crippen LogP contribution in [0.1, 0.15) is 29.3 Å². The van der Waals surface area contributed by atoms with Crippen molar-refractivity contribution >= 4 is 23.6 Å². The van der Waals surface area contributed by atoms with Crippen LogP contribution in [0.5, 0.6) is 0 Å². The zero-order valence-corrected chi connectivity index (χ0v) is 15.4. The molecule has 5 nitrogen and oxygen atoms in total. The maximum atomic E-state index is 11.9. The Balaban J connectivity index is 2.59. The minimum absolute atomic E-state index is 0.0175. The van der Waals surface area contributed by atoms with Gasteiger partial charge in [0, 0.05) is 32.7 Å². The van der Waals surface area contributed by atoms with Crippen molar-refractivity contribution in [3.63, 3.8) is 0 Å². The van der Waals surface area contributed by atoms with Crippen molar-refractivity contribution < 1.29 is 4.79 Å². The van der Waals surface area contributed by atoms with Crippen molar-refractivity contribution in [3.8, 4) is 0 Å². The summed E-state index contributed by atoms with van der Waals surface area (Å²) in [5.41, 5.74) is 1.78. The Labute approximate surface area is 143 Å². The van der Waals surface area contributed by atoms with Gasteiger partial charge in [-0.2, -0.15) is 11.8 Å². The predicted octanol–water partition coefficient (Wildman–Crippen LogP) is 2.20. The van der Waals surface area contributed by atoms with Gasteiger partial charge in [0.05, 0.1) is 6.54 Å². The van der Waals surface area contributed by atoms with Crippen LogP contribution < -0.4 is 10.6 Å². The second-order valence-corrected chi connectivity index (χ2v) is 6.35. The number of carbonyl (C=O) groups excluding carboxylic acids is 1. The number of benzene rings is 1. The average Bonchev–Trinajstić information content (AvgIpc) is 2.56. The van der Waals surface area contributed by atoms with Gasteiger partial charge in [-0.25, -0.2) is 4.99 Å². The quantitative estimate of drug-likeness (QED) is 0.434. The number of hydrogen-bond acceptors (Lipinski definition) is 3. The van der Waals surface area contributed by atoms with Gasteiger partial charge < -0.3 is 15.5 Å². The molecule has 1 aromatic rings. The van der Waals surface area contributed by atoms with Crippen molar-refractivity contribution in [2.45, 2.75) is 19.9 Å². The molecule has 0 aliphatic rings. The highest BCUT2D eigenvalue weighted by molar-refractivity contribution is 7.98. The molecule has 0 unspecified atom stereocenters. The number of thioether (sulfide) groups is 1. The van der Waals surface area contributed by atoms with Gasteiger partial charge in [-0.15, -0.1) is 0 Å². The van der Waals surface area contributed by atoms with Crippen LogP contribution in [-0.2, 0) is 6.54 Å². The molecular formula is C17H28N4OS. The zero-order valence-electron chi connectivity index (χ0n) is 14.6. The fourth-order valence-electron chi connectivity index (χ4n) is 1.95. The van der Waals surface area contributed by atoms with E-state index in [9.17, 15) is 4.79 Å². The number of nitrogens with zero attached hydrogens (tertiary/aromatic N) is 2. The number of aliphatic imine (C=N–C) groups is 1. The molecule has 2 N–H and O–H groups in total. The Morgan fingerprint density at radius 2 is 1.91 bits per heavy atom. The lowest BCUT2D eigenvalue weighted by Crippen LogP contribution is -2.37. The minimum Gasteiger partial charge on any atom is -0.357 e. The molecule has 128 valence electrons. The summed E-state index contributed by atoms with van der Waals surface area (Å²) >= 11 is 1.85. The molecule has 0 aliphatic carbocycles. The van der Waals surface area contributed by atoms with E-state index in [1.165, 1.54) is 0 Å². The highest BCUT2D eigenvalue weighted by Gasteiger charge is 2.07. The molecule has 0 radical (unpaired) electrons. The predicted molar refractivity (Wildman–Crippen MR) is 100 cm³/mol. The molecule has 0 heterocycles. The SMILES string of the molecule is CCNC(=NCc1ccc(C(=O)N(C)C)cc1)NCCCSC. The number of amides is 1. The van der Waals surface area contributed by atoms with Gasteiger partial charge in [-0.1, -0.05) is 12.1 Å². The fourth-order valence-corrected chi connectivity index (χ4v) is 2.38. The number of hydrogen-bond donors (Lipinski definition) is 2. The average molecular weight is 337 g/mol. The third kappa shape index (κ3) is 7.41. The van der Waals surface area contributed by atoms with E-state index < -0.39 is 0 Å². The first-order valence-electron chi connectivity index (χ1n) is 7.90. The van der Waals surface area contributed by atoms with Crippen LogP contribution in [0, 0.1) is 0 Å². The first-order chi connectivity index (χ1) is 11.1. The van der Waals surface area contributed by atoms with Crippen LogP contribution in [0.4, 0.5) is 0 Å². The highest BCUT2D eigenvalue weighted by atomic mass is 32.2. The van der Waals surface area contributed by atoms with E-state index in [-0.39, 0.29) is 5.91 Å². The van der Waals surface area contributed by atoms with Crippen LogP contribution in [0.15, 0.2) is 29.3 Å². The summed E-state index contributed by atoms with van der Waals surface area (Å²) < 4.78 is 0. The van der Waals surface area contributed by atoms with Gasteiger partial charge in [0.2, 0.25) is 0 Å². The fraction of sp³-hybridized carbons (Fsp3) is 0.529. The molecule has 1 aromatic carbocycles. The smallest absolute Gasteiger partial charge is 0.253 e. The summed E-state index contributed by atoms with van der Waals surface area (Å²) in [6, 6.07) is 7.62. The molecular weight excluding hydrogens is 308 g/mol. The van der Waals surface area contributed by atoms with E-state index in [2.05, 4.69) is 28.8 Å². The lowest BCUT2D eigenvalue weighted by molar-refractivity contribution is 0.0827. The third-order valence-corrected chi connectivity index (χ3v) is 3.89. The molecule has 0 bridgehead atoms. The largest absolute Gasteiger partial charge is 0.357 e. The topological polar surface area (TPSA) is 56.7 Å². The van der Waals surface area contributed by atoms with Crippen molar-refractivity contribution in [1.29, 1.82) is 0 Å². The summed E-state index contributed by atoms with van der Waals surface area (Å²) in [6.45, 7) is 4.41. The molecule has 0 atom stereocenters.